The van der Waals surface area contributed by atoms with E-state index in [2.05, 4.69) is 16.2 Å². The molecule has 112 valence electrons. The number of hydrogen-bond acceptors (Lipinski definition) is 3. The lowest BCUT2D eigenvalue weighted by Crippen LogP contribution is -2.42. The third kappa shape index (κ3) is 2.95. The van der Waals surface area contributed by atoms with Crippen LogP contribution in [0, 0.1) is 0 Å². The fraction of sp³-hybridized carbons (Fsp3) is 0.125. The number of nitrogens with one attached hydrogen (secondary N) is 3. The molecule has 1 fully saturated rings. The monoisotopic (exact) mass is 315 g/mol. The highest BCUT2D eigenvalue weighted by Gasteiger charge is 2.36. The van der Waals surface area contributed by atoms with E-state index in [1.54, 1.807) is 36.4 Å². The van der Waals surface area contributed by atoms with Crippen LogP contribution in [0.1, 0.15) is 22.0 Å². The quantitative estimate of drug-likeness (QED) is 0.809. The molecule has 22 heavy (non-hydrogen) atoms. The highest BCUT2D eigenvalue weighted by atomic mass is 35.5. The Morgan fingerprint density at radius 1 is 1.05 bits per heavy atom. The van der Waals surface area contributed by atoms with Crippen LogP contribution in [-0.4, -0.2) is 17.9 Å². The van der Waals surface area contributed by atoms with Crippen molar-refractivity contribution in [1.82, 2.24) is 16.2 Å². The molecule has 0 unspecified atom stereocenters. The van der Waals surface area contributed by atoms with Crippen LogP contribution in [0.25, 0.3) is 0 Å². The number of hydrogen-bond donors (Lipinski definition) is 3. The Morgan fingerprint density at radius 3 is 2.41 bits per heavy atom. The van der Waals surface area contributed by atoms with Gasteiger partial charge in [-0.1, -0.05) is 41.9 Å². The number of benzene rings is 2. The fourth-order valence-electron chi connectivity index (χ4n) is 2.37. The SMILES string of the molecule is O=C(N[C@@H]1C(=O)NN[C@@H]1c1ccc(Cl)cc1)c1ccccc1. The molecule has 1 heterocycles. The highest BCUT2D eigenvalue weighted by Crippen LogP contribution is 2.22. The van der Waals surface area contributed by atoms with Crippen LogP contribution in [0.2, 0.25) is 5.02 Å². The number of amides is 2. The maximum Gasteiger partial charge on any atom is 0.258 e. The van der Waals surface area contributed by atoms with Crippen molar-refractivity contribution in [1.29, 1.82) is 0 Å². The third-order valence-corrected chi connectivity index (χ3v) is 3.77. The molecule has 2 aromatic rings. The first-order valence-corrected chi connectivity index (χ1v) is 7.20. The average Bonchev–Trinajstić information content (AvgIpc) is 2.90. The second-order valence-corrected chi connectivity index (χ2v) is 5.42. The van der Waals surface area contributed by atoms with Crippen LogP contribution >= 0.6 is 11.6 Å². The summed E-state index contributed by atoms with van der Waals surface area (Å²) in [5, 5.41) is 3.38. The molecule has 2 atom stereocenters. The Hall–Kier alpha value is -2.37. The second-order valence-electron chi connectivity index (χ2n) is 4.98. The van der Waals surface area contributed by atoms with Crippen molar-refractivity contribution >= 4 is 23.4 Å². The summed E-state index contributed by atoms with van der Waals surface area (Å²) in [4.78, 5) is 24.2. The van der Waals surface area contributed by atoms with Crippen LogP contribution in [-0.2, 0) is 4.79 Å². The molecule has 3 rings (SSSR count). The van der Waals surface area contributed by atoms with Crippen molar-refractivity contribution < 1.29 is 9.59 Å². The Balaban J connectivity index is 1.79. The zero-order valence-corrected chi connectivity index (χ0v) is 12.3. The molecule has 2 amide bonds. The predicted molar refractivity (Wildman–Crippen MR) is 83.2 cm³/mol. The van der Waals surface area contributed by atoms with Gasteiger partial charge >= 0.3 is 0 Å². The van der Waals surface area contributed by atoms with Gasteiger partial charge in [0.1, 0.15) is 6.04 Å². The van der Waals surface area contributed by atoms with Gasteiger partial charge in [0.2, 0.25) is 0 Å². The topological polar surface area (TPSA) is 70.2 Å². The largest absolute Gasteiger partial charge is 0.338 e. The van der Waals surface area contributed by atoms with E-state index in [4.69, 9.17) is 11.6 Å². The predicted octanol–water partition coefficient (Wildman–Crippen LogP) is 1.81. The molecule has 0 aliphatic carbocycles. The maximum atomic E-state index is 12.2. The van der Waals surface area contributed by atoms with Gasteiger partial charge < -0.3 is 5.32 Å². The lowest BCUT2D eigenvalue weighted by molar-refractivity contribution is -0.121. The molecule has 0 aromatic heterocycles. The molecule has 6 heteroatoms. The van der Waals surface area contributed by atoms with Gasteiger partial charge in [0, 0.05) is 10.6 Å². The van der Waals surface area contributed by atoms with Crippen LogP contribution in [0.4, 0.5) is 0 Å². The number of hydrazine groups is 1. The zero-order valence-electron chi connectivity index (χ0n) is 11.5. The van der Waals surface area contributed by atoms with Gasteiger partial charge in [0.15, 0.2) is 0 Å². The van der Waals surface area contributed by atoms with E-state index >= 15 is 0 Å². The molecule has 0 saturated carbocycles. The number of halogens is 1. The summed E-state index contributed by atoms with van der Waals surface area (Å²) in [5.41, 5.74) is 6.82. The zero-order chi connectivity index (χ0) is 15.5. The van der Waals surface area contributed by atoms with Gasteiger partial charge in [0.05, 0.1) is 6.04 Å². The summed E-state index contributed by atoms with van der Waals surface area (Å²) in [5.74, 6) is -0.562. The normalized spacial score (nSPS) is 20.5. The third-order valence-electron chi connectivity index (χ3n) is 3.52. The van der Waals surface area contributed by atoms with Crippen molar-refractivity contribution in [3.63, 3.8) is 0 Å². The van der Waals surface area contributed by atoms with E-state index in [0.29, 0.717) is 10.6 Å². The van der Waals surface area contributed by atoms with E-state index in [1.165, 1.54) is 0 Å². The second kappa shape index (κ2) is 6.17. The summed E-state index contributed by atoms with van der Waals surface area (Å²) < 4.78 is 0. The van der Waals surface area contributed by atoms with Crippen molar-refractivity contribution in [3.8, 4) is 0 Å². The van der Waals surface area contributed by atoms with Crippen molar-refractivity contribution in [2.75, 3.05) is 0 Å². The van der Waals surface area contributed by atoms with Crippen LogP contribution in [0.15, 0.2) is 54.6 Å². The van der Waals surface area contributed by atoms with Crippen molar-refractivity contribution in [2.24, 2.45) is 0 Å². The van der Waals surface area contributed by atoms with E-state index in [1.807, 2.05) is 18.2 Å². The Bertz CT molecular complexity index is 688. The number of carbonyl (C=O) groups excluding carboxylic acids is 2. The standard InChI is InChI=1S/C16H14ClN3O2/c17-12-8-6-10(7-9-12)13-14(16(22)20-19-13)18-15(21)11-4-2-1-3-5-11/h1-9,13-14,19H,(H,18,21)(H,20,22)/t13-,14+/m1/s1. The van der Waals surface area contributed by atoms with Crippen molar-refractivity contribution in [3.05, 3.63) is 70.7 Å². The molecule has 2 aromatic carbocycles. The minimum absolute atomic E-state index is 0.274. The van der Waals surface area contributed by atoms with Crippen LogP contribution in [0.3, 0.4) is 0 Å². The number of rotatable bonds is 3. The van der Waals surface area contributed by atoms with E-state index in [9.17, 15) is 9.59 Å². The van der Waals surface area contributed by atoms with E-state index in [-0.39, 0.29) is 17.9 Å². The molecular weight excluding hydrogens is 302 g/mol. The number of carbonyl (C=O) groups is 2. The van der Waals surface area contributed by atoms with Gasteiger partial charge in [-0.05, 0) is 29.8 Å². The summed E-state index contributed by atoms with van der Waals surface area (Å²) in [6.45, 7) is 0. The maximum absolute atomic E-state index is 12.2. The van der Waals surface area contributed by atoms with Crippen molar-refractivity contribution in [2.45, 2.75) is 12.1 Å². The fourth-order valence-corrected chi connectivity index (χ4v) is 2.50. The van der Waals surface area contributed by atoms with Gasteiger partial charge in [-0.3, -0.25) is 15.0 Å². The minimum atomic E-state index is -0.686. The Kier molecular flexibility index (Phi) is 4.09. The first-order valence-electron chi connectivity index (χ1n) is 6.82. The van der Waals surface area contributed by atoms with Gasteiger partial charge in [-0.2, -0.15) is 0 Å². The molecule has 0 radical (unpaired) electrons. The summed E-state index contributed by atoms with van der Waals surface area (Å²) in [7, 11) is 0. The summed E-state index contributed by atoms with van der Waals surface area (Å²) >= 11 is 5.88. The minimum Gasteiger partial charge on any atom is -0.338 e. The smallest absolute Gasteiger partial charge is 0.258 e. The van der Waals surface area contributed by atoms with E-state index in [0.717, 1.165) is 5.56 Å². The lowest BCUT2D eigenvalue weighted by atomic mass is 10.0. The Labute approximate surface area is 132 Å². The van der Waals surface area contributed by atoms with Crippen LogP contribution < -0.4 is 16.2 Å². The molecule has 5 nitrogen and oxygen atoms in total. The molecule has 1 aliphatic heterocycles. The first kappa shape index (κ1) is 14.6. The molecular formula is C16H14ClN3O2. The Morgan fingerprint density at radius 2 is 1.73 bits per heavy atom. The van der Waals surface area contributed by atoms with Gasteiger partial charge in [-0.15, -0.1) is 0 Å². The van der Waals surface area contributed by atoms with Crippen LogP contribution in [0.5, 0.6) is 0 Å². The average molecular weight is 316 g/mol. The molecule has 1 saturated heterocycles. The summed E-state index contributed by atoms with van der Waals surface area (Å²) in [6, 6.07) is 14.9. The lowest BCUT2D eigenvalue weighted by Gasteiger charge is -2.18. The molecule has 1 aliphatic rings. The van der Waals surface area contributed by atoms with E-state index < -0.39 is 6.04 Å². The molecule has 0 bridgehead atoms. The summed E-state index contributed by atoms with van der Waals surface area (Å²) in [6.07, 6.45) is 0. The first-order chi connectivity index (χ1) is 10.6. The molecule has 0 spiro atoms. The highest BCUT2D eigenvalue weighted by molar-refractivity contribution is 6.30. The van der Waals surface area contributed by atoms with Gasteiger partial charge in [-0.25, -0.2) is 5.43 Å². The molecule has 3 N–H and O–H groups in total. The van der Waals surface area contributed by atoms with Gasteiger partial charge in [0.25, 0.3) is 11.8 Å².